The topological polar surface area (TPSA) is 80.3 Å². The van der Waals surface area contributed by atoms with Crippen LogP contribution in [0.1, 0.15) is 16.9 Å². The number of amides is 1. The maximum absolute atomic E-state index is 12.0. The van der Waals surface area contributed by atoms with E-state index in [1.165, 1.54) is 12.3 Å². The largest absolute Gasteiger partial charge is 0.465 e. The smallest absolute Gasteiger partial charge is 0.250 e. The summed E-state index contributed by atoms with van der Waals surface area (Å²) in [6.07, 6.45) is 4.45. The van der Waals surface area contributed by atoms with Crippen LogP contribution in [0.3, 0.4) is 0 Å². The van der Waals surface area contributed by atoms with Crippen molar-refractivity contribution >= 4 is 46.1 Å². The number of fused-ring (bicyclic) bond motifs is 1. The van der Waals surface area contributed by atoms with Crippen LogP contribution in [0.15, 0.2) is 69.7 Å². The second-order valence-electron chi connectivity index (χ2n) is 6.87. The summed E-state index contributed by atoms with van der Waals surface area (Å²) < 4.78 is 11.0. The number of carbonyl (C=O) groups is 1. The molecule has 2 aromatic carbocycles. The van der Waals surface area contributed by atoms with Gasteiger partial charge in [0.25, 0.3) is 0 Å². The van der Waals surface area contributed by atoms with Crippen molar-refractivity contribution in [1.82, 2.24) is 10.3 Å². The Balaban J connectivity index is 1.45. The summed E-state index contributed by atoms with van der Waals surface area (Å²) in [5.74, 6) is 0.788. The molecule has 0 saturated carbocycles. The van der Waals surface area contributed by atoms with Crippen LogP contribution in [0, 0.1) is 13.8 Å². The van der Waals surface area contributed by atoms with Crippen molar-refractivity contribution in [3.05, 3.63) is 77.8 Å². The molecule has 0 aliphatic carbocycles. The van der Waals surface area contributed by atoms with Gasteiger partial charge in [-0.1, -0.05) is 17.2 Å². The minimum atomic E-state index is -0.358. The lowest BCUT2D eigenvalue weighted by Gasteiger charge is -2.07. The zero-order valence-corrected chi connectivity index (χ0v) is 17.2. The van der Waals surface area contributed by atoms with Gasteiger partial charge in [-0.05, 0) is 74.6 Å². The number of rotatable bonds is 4. The summed E-state index contributed by atoms with van der Waals surface area (Å²) in [5, 5.41) is 5.76. The predicted octanol–water partition coefficient (Wildman–Crippen LogP) is 5.23. The van der Waals surface area contributed by atoms with E-state index in [1.807, 2.05) is 44.2 Å². The fourth-order valence-electron chi connectivity index (χ4n) is 3.09. The van der Waals surface area contributed by atoms with Gasteiger partial charge in [0.1, 0.15) is 11.3 Å². The molecule has 4 rings (SSSR count). The van der Waals surface area contributed by atoms with Gasteiger partial charge < -0.3 is 14.2 Å². The molecule has 4 aromatic rings. The number of aromatic nitrogens is 1. The first kappa shape index (κ1) is 19.6. The highest BCUT2D eigenvalue weighted by molar-refractivity contribution is 7.80. The highest BCUT2D eigenvalue weighted by Crippen LogP contribution is 2.27. The summed E-state index contributed by atoms with van der Waals surface area (Å²) in [6.45, 7) is 4.08. The molecule has 2 N–H and O–H groups in total. The molecular weight excluding hydrogens is 398 g/mol. The molecule has 2 aromatic heterocycles. The van der Waals surface area contributed by atoms with Crippen LogP contribution in [-0.2, 0) is 4.79 Å². The number of thiocarbonyl (C=S) groups is 1. The molecule has 0 atom stereocenters. The van der Waals surface area contributed by atoms with Crippen molar-refractivity contribution in [1.29, 1.82) is 0 Å². The van der Waals surface area contributed by atoms with Gasteiger partial charge in [0.2, 0.25) is 11.8 Å². The number of hydrogen-bond donors (Lipinski definition) is 2. The predicted molar refractivity (Wildman–Crippen MR) is 121 cm³/mol. The van der Waals surface area contributed by atoms with Gasteiger partial charge in [0.15, 0.2) is 10.7 Å². The van der Waals surface area contributed by atoms with Gasteiger partial charge >= 0.3 is 0 Å². The first-order chi connectivity index (χ1) is 14.5. The van der Waals surface area contributed by atoms with Crippen LogP contribution in [0.4, 0.5) is 5.69 Å². The van der Waals surface area contributed by atoms with E-state index in [4.69, 9.17) is 21.1 Å². The SMILES string of the molecule is Cc1cc(C)cc(-c2nc3cc(NC(=S)NC(=O)/C=C/c4ccco4)ccc3o2)c1. The van der Waals surface area contributed by atoms with Crippen LogP contribution in [-0.4, -0.2) is 16.0 Å². The molecule has 150 valence electrons. The number of furan rings is 1. The van der Waals surface area contributed by atoms with Crippen LogP contribution in [0.25, 0.3) is 28.6 Å². The lowest BCUT2D eigenvalue weighted by molar-refractivity contribution is -0.115. The van der Waals surface area contributed by atoms with Crippen LogP contribution < -0.4 is 10.6 Å². The van der Waals surface area contributed by atoms with Gasteiger partial charge in [-0.2, -0.15) is 0 Å². The molecule has 0 aliphatic heterocycles. The fraction of sp³-hybridized carbons (Fsp3) is 0.0870. The summed E-state index contributed by atoms with van der Waals surface area (Å²) >= 11 is 5.22. The monoisotopic (exact) mass is 417 g/mol. The van der Waals surface area contributed by atoms with Crippen molar-refractivity contribution in [2.75, 3.05) is 5.32 Å². The number of aryl methyl sites for hydroxylation is 2. The third-order valence-corrected chi connectivity index (χ3v) is 4.50. The van der Waals surface area contributed by atoms with E-state index in [0.717, 1.165) is 16.7 Å². The van der Waals surface area contributed by atoms with Gasteiger partial charge in [-0.15, -0.1) is 0 Å². The Labute approximate surface area is 178 Å². The second-order valence-corrected chi connectivity index (χ2v) is 7.28. The van der Waals surface area contributed by atoms with Crippen LogP contribution in [0.2, 0.25) is 0 Å². The second kappa shape index (κ2) is 8.34. The Kier molecular flexibility index (Phi) is 5.45. The van der Waals surface area contributed by atoms with E-state index in [2.05, 4.69) is 21.7 Å². The maximum atomic E-state index is 12.0. The average Bonchev–Trinajstić information content (AvgIpc) is 3.35. The van der Waals surface area contributed by atoms with E-state index in [0.29, 0.717) is 28.4 Å². The van der Waals surface area contributed by atoms with Crippen molar-refractivity contribution in [2.24, 2.45) is 0 Å². The average molecular weight is 417 g/mol. The summed E-state index contributed by atoms with van der Waals surface area (Å²) in [5.41, 5.74) is 5.30. The normalized spacial score (nSPS) is 11.1. The van der Waals surface area contributed by atoms with E-state index < -0.39 is 0 Å². The molecule has 7 heteroatoms. The van der Waals surface area contributed by atoms with Crippen molar-refractivity contribution < 1.29 is 13.6 Å². The molecule has 0 fully saturated rings. The van der Waals surface area contributed by atoms with E-state index in [-0.39, 0.29) is 11.0 Å². The van der Waals surface area contributed by atoms with E-state index in [9.17, 15) is 4.79 Å². The Morgan fingerprint density at radius 1 is 1.10 bits per heavy atom. The molecule has 1 amide bonds. The van der Waals surface area contributed by atoms with Crippen molar-refractivity contribution in [2.45, 2.75) is 13.8 Å². The minimum absolute atomic E-state index is 0.182. The number of anilines is 1. The Bertz CT molecular complexity index is 1240. The highest BCUT2D eigenvalue weighted by atomic mass is 32.1. The Morgan fingerprint density at radius 3 is 2.63 bits per heavy atom. The molecule has 0 spiro atoms. The molecule has 6 nitrogen and oxygen atoms in total. The maximum Gasteiger partial charge on any atom is 0.250 e. The quantitative estimate of drug-likeness (QED) is 0.350. The molecule has 0 aliphatic rings. The Hall–Kier alpha value is -3.71. The number of carbonyl (C=O) groups excluding carboxylic acids is 1. The third-order valence-electron chi connectivity index (χ3n) is 4.29. The van der Waals surface area contributed by atoms with Crippen molar-refractivity contribution in [3.63, 3.8) is 0 Å². The standard InChI is InChI=1S/C23H19N3O3S/c1-14-10-15(2)12-16(11-14)22-25-19-13-17(5-7-20(19)29-22)24-23(30)26-21(27)8-6-18-4-3-9-28-18/h3-13H,1-2H3,(H2,24,26,27,30)/b8-6+. The molecule has 0 saturated heterocycles. The molecule has 2 heterocycles. The molecule has 0 radical (unpaired) electrons. The van der Waals surface area contributed by atoms with Crippen LogP contribution in [0.5, 0.6) is 0 Å². The molecule has 0 bridgehead atoms. The first-order valence-electron chi connectivity index (χ1n) is 9.29. The number of oxazole rings is 1. The number of nitrogens with one attached hydrogen (secondary N) is 2. The number of hydrogen-bond acceptors (Lipinski definition) is 5. The van der Waals surface area contributed by atoms with Gasteiger partial charge in [0, 0.05) is 17.3 Å². The lowest BCUT2D eigenvalue weighted by atomic mass is 10.1. The van der Waals surface area contributed by atoms with Gasteiger partial charge in [-0.3, -0.25) is 10.1 Å². The zero-order chi connectivity index (χ0) is 21.1. The fourth-order valence-corrected chi connectivity index (χ4v) is 3.31. The summed E-state index contributed by atoms with van der Waals surface area (Å²) in [7, 11) is 0. The summed E-state index contributed by atoms with van der Waals surface area (Å²) in [4.78, 5) is 16.6. The van der Waals surface area contributed by atoms with E-state index >= 15 is 0 Å². The minimum Gasteiger partial charge on any atom is -0.465 e. The van der Waals surface area contributed by atoms with Gasteiger partial charge in [0.05, 0.1) is 6.26 Å². The van der Waals surface area contributed by atoms with Crippen LogP contribution >= 0.6 is 12.2 Å². The lowest BCUT2D eigenvalue weighted by Crippen LogP contribution is -2.32. The third kappa shape index (κ3) is 4.64. The molecule has 30 heavy (non-hydrogen) atoms. The molecular formula is C23H19N3O3S. The first-order valence-corrected chi connectivity index (χ1v) is 9.70. The number of benzene rings is 2. The number of nitrogens with zero attached hydrogens (tertiary/aromatic N) is 1. The summed E-state index contributed by atoms with van der Waals surface area (Å²) in [6, 6.07) is 15.1. The zero-order valence-electron chi connectivity index (χ0n) is 16.4. The highest BCUT2D eigenvalue weighted by Gasteiger charge is 2.10. The van der Waals surface area contributed by atoms with Gasteiger partial charge in [-0.25, -0.2) is 4.98 Å². The van der Waals surface area contributed by atoms with E-state index in [1.54, 1.807) is 18.2 Å². The Morgan fingerprint density at radius 2 is 1.90 bits per heavy atom. The molecule has 0 unspecified atom stereocenters. The van der Waals surface area contributed by atoms with Crippen molar-refractivity contribution in [3.8, 4) is 11.5 Å².